The Hall–Kier alpha value is -1.03. The second-order valence-corrected chi connectivity index (χ2v) is 2.74. The predicted octanol–water partition coefficient (Wildman–Crippen LogP) is 2.14. The molecule has 0 spiro atoms. The van der Waals surface area contributed by atoms with Crippen molar-refractivity contribution in [2.24, 2.45) is 0 Å². The lowest BCUT2D eigenvalue weighted by atomic mass is 10.1. The van der Waals surface area contributed by atoms with Gasteiger partial charge in [-0.2, -0.15) is 8.78 Å². The topological polar surface area (TPSA) is 12.0 Å². The molecule has 0 heterocycles. The van der Waals surface area contributed by atoms with Crippen LogP contribution in [0.5, 0.6) is 0 Å². The molecule has 72 valence electrons. The zero-order valence-electron chi connectivity index (χ0n) is 7.15. The minimum atomic E-state index is -2.94. The Labute approximate surface area is 74.6 Å². The molecule has 1 N–H and O–H groups in total. The average molecular weight is 189 g/mol. The summed E-state index contributed by atoms with van der Waals surface area (Å²) in [4.78, 5) is 0. The van der Waals surface area contributed by atoms with Crippen LogP contribution in [0.4, 0.5) is 13.2 Å². The molecule has 0 fully saturated rings. The average Bonchev–Trinajstić information content (AvgIpc) is 2.05. The number of benzene rings is 1. The van der Waals surface area contributed by atoms with E-state index in [4.69, 9.17) is 0 Å². The van der Waals surface area contributed by atoms with E-state index in [0.717, 1.165) is 24.3 Å². The SMILES string of the molecule is CNCC(F)(F)c1ccc(F)cc1. The van der Waals surface area contributed by atoms with E-state index >= 15 is 0 Å². The smallest absolute Gasteiger partial charge is 0.285 e. The van der Waals surface area contributed by atoms with E-state index in [1.807, 2.05) is 0 Å². The maximum Gasteiger partial charge on any atom is 0.285 e. The number of likely N-dealkylation sites (N-methyl/N-ethyl adjacent to an activating group) is 1. The molecule has 1 aromatic carbocycles. The standard InChI is InChI=1S/C9H10F3N/c1-13-6-9(11,12)7-2-4-8(10)5-3-7/h2-5,13H,6H2,1H3. The molecule has 13 heavy (non-hydrogen) atoms. The molecule has 0 aliphatic carbocycles. The number of rotatable bonds is 3. The fourth-order valence-electron chi connectivity index (χ4n) is 1.02. The van der Waals surface area contributed by atoms with Crippen LogP contribution in [0.3, 0.4) is 0 Å². The molecular weight excluding hydrogens is 179 g/mol. The minimum Gasteiger partial charge on any atom is -0.314 e. The summed E-state index contributed by atoms with van der Waals surface area (Å²) in [6.45, 7) is -0.446. The second-order valence-electron chi connectivity index (χ2n) is 2.74. The molecular formula is C9H10F3N. The highest BCUT2D eigenvalue weighted by molar-refractivity contribution is 5.21. The summed E-state index contributed by atoms with van der Waals surface area (Å²) >= 11 is 0. The third kappa shape index (κ3) is 2.45. The summed E-state index contributed by atoms with van der Waals surface area (Å²) in [5.74, 6) is -3.45. The van der Waals surface area contributed by atoms with Crippen molar-refractivity contribution < 1.29 is 13.2 Å². The molecule has 0 saturated carbocycles. The van der Waals surface area contributed by atoms with Gasteiger partial charge in [-0.05, 0) is 19.2 Å². The fourth-order valence-corrected chi connectivity index (χ4v) is 1.02. The summed E-state index contributed by atoms with van der Waals surface area (Å²) in [6.07, 6.45) is 0. The first kappa shape index (κ1) is 10.1. The van der Waals surface area contributed by atoms with E-state index in [1.54, 1.807) is 0 Å². The largest absolute Gasteiger partial charge is 0.314 e. The molecule has 0 atom stereocenters. The lowest BCUT2D eigenvalue weighted by molar-refractivity contribution is -0.00130. The third-order valence-corrected chi connectivity index (χ3v) is 1.67. The van der Waals surface area contributed by atoms with Crippen molar-refractivity contribution >= 4 is 0 Å². The lowest BCUT2D eigenvalue weighted by Crippen LogP contribution is -2.27. The predicted molar refractivity (Wildman–Crippen MR) is 44.2 cm³/mol. The minimum absolute atomic E-state index is 0.178. The Morgan fingerprint density at radius 3 is 2.23 bits per heavy atom. The van der Waals surface area contributed by atoms with Gasteiger partial charge in [0, 0.05) is 5.56 Å². The van der Waals surface area contributed by atoms with E-state index in [-0.39, 0.29) is 5.56 Å². The van der Waals surface area contributed by atoms with Crippen LogP contribution < -0.4 is 5.32 Å². The summed E-state index contributed by atoms with van der Waals surface area (Å²) in [7, 11) is 1.44. The van der Waals surface area contributed by atoms with Crippen molar-refractivity contribution in [2.75, 3.05) is 13.6 Å². The summed E-state index contributed by atoms with van der Waals surface area (Å²) in [5, 5.41) is 2.38. The fraction of sp³-hybridized carbons (Fsp3) is 0.333. The van der Waals surface area contributed by atoms with Crippen molar-refractivity contribution in [1.82, 2.24) is 5.32 Å². The van der Waals surface area contributed by atoms with Crippen LogP contribution in [-0.2, 0) is 5.92 Å². The Kier molecular flexibility index (Phi) is 2.93. The summed E-state index contributed by atoms with van der Waals surface area (Å²) in [5.41, 5.74) is -0.178. The molecule has 0 aliphatic rings. The monoisotopic (exact) mass is 189 g/mol. The van der Waals surface area contributed by atoms with Crippen molar-refractivity contribution in [2.45, 2.75) is 5.92 Å². The quantitative estimate of drug-likeness (QED) is 0.768. The maximum atomic E-state index is 13.1. The molecule has 0 unspecified atom stereocenters. The highest BCUT2D eigenvalue weighted by atomic mass is 19.3. The molecule has 0 aliphatic heterocycles. The van der Waals surface area contributed by atoms with Gasteiger partial charge in [0.2, 0.25) is 0 Å². The van der Waals surface area contributed by atoms with Gasteiger partial charge < -0.3 is 5.32 Å². The van der Waals surface area contributed by atoms with Gasteiger partial charge in [-0.25, -0.2) is 4.39 Å². The molecule has 0 saturated heterocycles. The van der Waals surface area contributed by atoms with E-state index in [0.29, 0.717) is 0 Å². The first-order valence-electron chi connectivity index (χ1n) is 3.85. The van der Waals surface area contributed by atoms with E-state index < -0.39 is 18.3 Å². The summed E-state index contributed by atoms with van der Waals surface area (Å²) < 4.78 is 38.6. The highest BCUT2D eigenvalue weighted by Gasteiger charge is 2.30. The van der Waals surface area contributed by atoms with E-state index in [2.05, 4.69) is 5.32 Å². The summed E-state index contributed by atoms with van der Waals surface area (Å²) in [6, 6.07) is 4.23. The molecule has 0 radical (unpaired) electrons. The van der Waals surface area contributed by atoms with Gasteiger partial charge in [0.15, 0.2) is 0 Å². The van der Waals surface area contributed by atoms with Gasteiger partial charge in [0.05, 0.1) is 6.54 Å². The van der Waals surface area contributed by atoms with Crippen LogP contribution in [-0.4, -0.2) is 13.6 Å². The lowest BCUT2D eigenvalue weighted by Gasteiger charge is -2.15. The zero-order valence-corrected chi connectivity index (χ0v) is 7.15. The first-order chi connectivity index (χ1) is 6.06. The Morgan fingerprint density at radius 1 is 1.23 bits per heavy atom. The van der Waals surface area contributed by atoms with Crippen LogP contribution in [0.25, 0.3) is 0 Å². The van der Waals surface area contributed by atoms with Crippen LogP contribution in [0.1, 0.15) is 5.56 Å². The number of hydrogen-bond acceptors (Lipinski definition) is 1. The zero-order chi connectivity index (χ0) is 9.90. The molecule has 1 aromatic rings. The molecule has 0 amide bonds. The van der Waals surface area contributed by atoms with Crippen LogP contribution in [0.15, 0.2) is 24.3 Å². The number of nitrogens with one attached hydrogen (secondary N) is 1. The van der Waals surface area contributed by atoms with Crippen molar-refractivity contribution in [3.05, 3.63) is 35.6 Å². The number of hydrogen-bond donors (Lipinski definition) is 1. The normalized spacial score (nSPS) is 11.7. The third-order valence-electron chi connectivity index (χ3n) is 1.67. The molecule has 0 aromatic heterocycles. The molecule has 1 nitrogen and oxygen atoms in total. The van der Waals surface area contributed by atoms with Gasteiger partial charge in [-0.15, -0.1) is 0 Å². The van der Waals surface area contributed by atoms with Gasteiger partial charge in [-0.3, -0.25) is 0 Å². The van der Waals surface area contributed by atoms with Gasteiger partial charge in [0.25, 0.3) is 5.92 Å². The molecule has 4 heteroatoms. The van der Waals surface area contributed by atoms with E-state index in [1.165, 1.54) is 7.05 Å². The number of halogens is 3. The first-order valence-corrected chi connectivity index (χ1v) is 3.85. The van der Waals surface area contributed by atoms with Crippen molar-refractivity contribution in [3.8, 4) is 0 Å². The number of alkyl halides is 2. The Bertz CT molecular complexity index is 269. The van der Waals surface area contributed by atoms with Crippen LogP contribution in [0.2, 0.25) is 0 Å². The molecule has 1 rings (SSSR count). The second kappa shape index (κ2) is 3.79. The Morgan fingerprint density at radius 2 is 1.77 bits per heavy atom. The molecule has 0 bridgehead atoms. The Balaban J connectivity index is 2.87. The van der Waals surface area contributed by atoms with E-state index in [9.17, 15) is 13.2 Å². The van der Waals surface area contributed by atoms with Gasteiger partial charge >= 0.3 is 0 Å². The van der Waals surface area contributed by atoms with Gasteiger partial charge in [-0.1, -0.05) is 12.1 Å². The maximum absolute atomic E-state index is 13.1. The van der Waals surface area contributed by atoms with Crippen molar-refractivity contribution in [3.63, 3.8) is 0 Å². The van der Waals surface area contributed by atoms with Gasteiger partial charge in [0.1, 0.15) is 5.82 Å². The van der Waals surface area contributed by atoms with Crippen LogP contribution in [0, 0.1) is 5.82 Å². The van der Waals surface area contributed by atoms with Crippen molar-refractivity contribution in [1.29, 1.82) is 0 Å². The highest BCUT2D eigenvalue weighted by Crippen LogP contribution is 2.26. The van der Waals surface area contributed by atoms with Crippen LogP contribution >= 0.6 is 0 Å².